The SMILES string of the molecule is O=C(NCc1cc(F)cc(F)c1)N1CCN(c2nnc(C(F)(F)F)s2)CC1. The van der Waals surface area contributed by atoms with Crippen molar-refractivity contribution in [1.82, 2.24) is 20.4 Å². The van der Waals surface area contributed by atoms with Gasteiger partial charge in [-0.05, 0) is 17.7 Å². The molecule has 27 heavy (non-hydrogen) atoms. The Bertz CT molecular complexity index is 799. The van der Waals surface area contributed by atoms with Crippen LogP contribution in [0.15, 0.2) is 18.2 Å². The zero-order chi connectivity index (χ0) is 19.6. The van der Waals surface area contributed by atoms with Crippen molar-refractivity contribution < 1.29 is 26.7 Å². The molecule has 1 aliphatic heterocycles. The summed E-state index contributed by atoms with van der Waals surface area (Å²) in [5.41, 5.74) is 0.285. The van der Waals surface area contributed by atoms with Crippen LogP contribution in [-0.4, -0.2) is 47.3 Å². The number of aromatic nitrogens is 2. The lowest BCUT2D eigenvalue weighted by Crippen LogP contribution is -2.51. The highest BCUT2D eigenvalue weighted by atomic mass is 32.1. The number of carbonyl (C=O) groups is 1. The van der Waals surface area contributed by atoms with Crippen molar-refractivity contribution in [1.29, 1.82) is 0 Å². The molecule has 1 aromatic carbocycles. The maximum absolute atomic E-state index is 13.1. The lowest BCUT2D eigenvalue weighted by molar-refractivity contribution is -0.138. The molecule has 146 valence electrons. The molecule has 1 fully saturated rings. The predicted octanol–water partition coefficient (Wildman–Crippen LogP) is 2.87. The van der Waals surface area contributed by atoms with Gasteiger partial charge in [-0.3, -0.25) is 0 Å². The van der Waals surface area contributed by atoms with Crippen LogP contribution in [0, 0.1) is 11.6 Å². The minimum atomic E-state index is -4.53. The van der Waals surface area contributed by atoms with Gasteiger partial charge in [-0.1, -0.05) is 11.3 Å². The van der Waals surface area contributed by atoms with Gasteiger partial charge in [0.1, 0.15) is 11.6 Å². The van der Waals surface area contributed by atoms with Gasteiger partial charge in [-0.2, -0.15) is 13.2 Å². The zero-order valence-electron chi connectivity index (χ0n) is 13.8. The van der Waals surface area contributed by atoms with Gasteiger partial charge in [0.15, 0.2) is 0 Å². The maximum Gasteiger partial charge on any atom is 0.445 e. The van der Waals surface area contributed by atoms with Crippen LogP contribution >= 0.6 is 11.3 Å². The quantitative estimate of drug-likeness (QED) is 0.795. The van der Waals surface area contributed by atoms with Crippen LogP contribution in [0.5, 0.6) is 0 Å². The largest absolute Gasteiger partial charge is 0.445 e. The van der Waals surface area contributed by atoms with Crippen molar-refractivity contribution in [2.24, 2.45) is 0 Å². The number of rotatable bonds is 3. The van der Waals surface area contributed by atoms with E-state index in [0.29, 0.717) is 24.4 Å². The number of amides is 2. The van der Waals surface area contributed by atoms with Gasteiger partial charge < -0.3 is 15.1 Å². The molecule has 0 bridgehead atoms. The summed E-state index contributed by atoms with van der Waals surface area (Å²) >= 11 is 0.455. The second kappa shape index (κ2) is 7.62. The van der Waals surface area contributed by atoms with Gasteiger partial charge in [0.2, 0.25) is 10.1 Å². The molecule has 2 aromatic rings. The van der Waals surface area contributed by atoms with Gasteiger partial charge in [-0.25, -0.2) is 13.6 Å². The van der Waals surface area contributed by atoms with Crippen molar-refractivity contribution in [2.45, 2.75) is 12.7 Å². The van der Waals surface area contributed by atoms with Crippen LogP contribution in [0.1, 0.15) is 10.6 Å². The molecule has 1 aliphatic rings. The number of anilines is 1. The Morgan fingerprint density at radius 1 is 1.07 bits per heavy atom. The van der Waals surface area contributed by atoms with E-state index in [-0.39, 0.29) is 30.3 Å². The Labute approximate surface area is 154 Å². The number of benzene rings is 1. The van der Waals surface area contributed by atoms with E-state index in [2.05, 4.69) is 15.5 Å². The molecule has 0 radical (unpaired) electrons. The molecule has 0 atom stereocenters. The Kier molecular flexibility index (Phi) is 5.44. The Balaban J connectivity index is 1.51. The highest BCUT2D eigenvalue weighted by Gasteiger charge is 2.36. The van der Waals surface area contributed by atoms with Crippen LogP contribution in [0.3, 0.4) is 0 Å². The molecule has 6 nitrogen and oxygen atoms in total. The second-order valence-electron chi connectivity index (χ2n) is 5.80. The first-order valence-electron chi connectivity index (χ1n) is 7.86. The van der Waals surface area contributed by atoms with E-state index in [0.717, 1.165) is 18.2 Å². The summed E-state index contributed by atoms with van der Waals surface area (Å²) in [5.74, 6) is -1.47. The van der Waals surface area contributed by atoms with Gasteiger partial charge in [-0.15, -0.1) is 10.2 Å². The van der Waals surface area contributed by atoms with E-state index in [1.54, 1.807) is 4.90 Å². The van der Waals surface area contributed by atoms with E-state index in [9.17, 15) is 26.7 Å². The van der Waals surface area contributed by atoms with Crippen molar-refractivity contribution in [2.75, 3.05) is 31.1 Å². The lowest BCUT2D eigenvalue weighted by Gasteiger charge is -2.34. The lowest BCUT2D eigenvalue weighted by atomic mass is 10.2. The molecule has 2 heterocycles. The van der Waals surface area contributed by atoms with Crippen LogP contribution < -0.4 is 10.2 Å². The number of alkyl halides is 3. The number of piperazine rings is 1. The van der Waals surface area contributed by atoms with Crippen LogP contribution in [0.4, 0.5) is 31.9 Å². The van der Waals surface area contributed by atoms with Crippen molar-refractivity contribution in [3.8, 4) is 0 Å². The average Bonchev–Trinajstić information content (AvgIpc) is 3.09. The number of carbonyl (C=O) groups excluding carboxylic acids is 1. The highest BCUT2D eigenvalue weighted by Crippen LogP contribution is 2.34. The Morgan fingerprint density at radius 2 is 1.70 bits per heavy atom. The summed E-state index contributed by atoms with van der Waals surface area (Å²) in [6.07, 6.45) is -4.53. The number of halogens is 5. The first kappa shape index (κ1) is 19.3. The zero-order valence-corrected chi connectivity index (χ0v) is 14.6. The summed E-state index contributed by atoms with van der Waals surface area (Å²) in [7, 11) is 0. The van der Waals surface area contributed by atoms with Crippen LogP contribution in [0.2, 0.25) is 0 Å². The molecule has 0 spiro atoms. The average molecular weight is 407 g/mol. The topological polar surface area (TPSA) is 61.4 Å². The van der Waals surface area contributed by atoms with Crippen LogP contribution in [0.25, 0.3) is 0 Å². The minimum Gasteiger partial charge on any atom is -0.343 e. The van der Waals surface area contributed by atoms with E-state index >= 15 is 0 Å². The third kappa shape index (κ3) is 4.81. The fourth-order valence-electron chi connectivity index (χ4n) is 2.56. The first-order valence-corrected chi connectivity index (χ1v) is 8.67. The fourth-order valence-corrected chi connectivity index (χ4v) is 3.32. The molecule has 3 rings (SSSR count). The van der Waals surface area contributed by atoms with E-state index in [1.807, 2.05) is 0 Å². The standard InChI is InChI=1S/C15H14F5N5OS/c16-10-5-9(6-11(17)7-10)8-21-13(26)24-1-3-25(4-2-24)14-23-22-12(27-14)15(18,19)20/h5-7H,1-4,8H2,(H,21,26). The molecule has 0 saturated carbocycles. The van der Waals surface area contributed by atoms with Gasteiger partial charge in [0.05, 0.1) is 0 Å². The maximum atomic E-state index is 13.1. The number of nitrogens with zero attached hydrogens (tertiary/aromatic N) is 4. The van der Waals surface area contributed by atoms with Gasteiger partial charge >= 0.3 is 12.2 Å². The van der Waals surface area contributed by atoms with Gasteiger partial charge in [0, 0.05) is 38.8 Å². The fraction of sp³-hybridized carbons (Fsp3) is 0.400. The molecular formula is C15H14F5N5OS. The molecule has 2 amide bonds. The molecule has 12 heteroatoms. The third-order valence-corrected chi connectivity index (χ3v) is 4.89. The van der Waals surface area contributed by atoms with Crippen molar-refractivity contribution in [3.63, 3.8) is 0 Å². The van der Waals surface area contributed by atoms with Crippen LogP contribution in [-0.2, 0) is 12.7 Å². The number of urea groups is 1. The Hall–Kier alpha value is -2.50. The summed E-state index contributed by atoms with van der Waals surface area (Å²) in [4.78, 5) is 15.2. The highest BCUT2D eigenvalue weighted by molar-refractivity contribution is 7.15. The smallest absolute Gasteiger partial charge is 0.343 e. The Morgan fingerprint density at radius 3 is 2.26 bits per heavy atom. The first-order chi connectivity index (χ1) is 12.7. The summed E-state index contributed by atoms with van der Waals surface area (Å²) < 4.78 is 64.1. The van der Waals surface area contributed by atoms with E-state index in [1.165, 1.54) is 4.90 Å². The van der Waals surface area contributed by atoms with Crippen molar-refractivity contribution in [3.05, 3.63) is 40.4 Å². The molecular weight excluding hydrogens is 393 g/mol. The summed E-state index contributed by atoms with van der Waals surface area (Å²) in [5, 5.41) is 8.39. The second-order valence-corrected chi connectivity index (χ2v) is 6.75. The number of hydrogen-bond acceptors (Lipinski definition) is 5. The minimum absolute atomic E-state index is 0.0426. The monoisotopic (exact) mass is 407 g/mol. The predicted molar refractivity (Wildman–Crippen MR) is 87.3 cm³/mol. The van der Waals surface area contributed by atoms with E-state index in [4.69, 9.17) is 0 Å². The number of nitrogens with one attached hydrogen (secondary N) is 1. The van der Waals surface area contributed by atoms with Crippen molar-refractivity contribution >= 4 is 22.5 Å². The van der Waals surface area contributed by atoms with Gasteiger partial charge in [0.25, 0.3) is 0 Å². The van der Waals surface area contributed by atoms with E-state index < -0.39 is 28.8 Å². The summed E-state index contributed by atoms with van der Waals surface area (Å²) in [6, 6.07) is 2.55. The summed E-state index contributed by atoms with van der Waals surface area (Å²) in [6.45, 7) is 1.09. The molecule has 0 aliphatic carbocycles. The molecule has 0 unspecified atom stereocenters. The molecule has 1 saturated heterocycles. The normalized spacial score (nSPS) is 15.1. The third-order valence-electron chi connectivity index (χ3n) is 3.86. The molecule has 1 aromatic heterocycles. The molecule has 1 N–H and O–H groups in total. The number of hydrogen-bond donors (Lipinski definition) is 1.